The molecule has 2 rings (SSSR count). The molecule has 0 aliphatic rings. The topological polar surface area (TPSA) is 70.4 Å². The number of aromatic nitrogens is 2. The van der Waals surface area contributed by atoms with Gasteiger partial charge in [-0.1, -0.05) is 37.8 Å². The standard InChI is InChI=1S/C20H28N2O4Si/c1-15-18(13-26-20(24)17-9-7-6-8-10-17)21-19(16(2)23)22(15)14-25-11-12-27(3,4)5/h6-10H,11-14H2,1-5H3. The highest BCUT2D eigenvalue weighted by Gasteiger charge is 2.19. The van der Waals surface area contributed by atoms with E-state index in [0.29, 0.717) is 23.7 Å². The normalized spacial score (nSPS) is 11.4. The van der Waals surface area contributed by atoms with E-state index in [4.69, 9.17) is 9.47 Å². The van der Waals surface area contributed by atoms with Gasteiger partial charge in [-0.15, -0.1) is 0 Å². The maximum atomic E-state index is 12.1. The van der Waals surface area contributed by atoms with Crippen LogP contribution in [0.1, 0.15) is 39.3 Å². The van der Waals surface area contributed by atoms with E-state index >= 15 is 0 Å². The van der Waals surface area contributed by atoms with Crippen molar-refractivity contribution >= 4 is 19.8 Å². The van der Waals surface area contributed by atoms with Crippen molar-refractivity contribution in [3.05, 3.63) is 53.1 Å². The molecule has 0 bridgehead atoms. The van der Waals surface area contributed by atoms with Crippen LogP contribution >= 0.6 is 0 Å². The molecule has 0 spiro atoms. The van der Waals surface area contributed by atoms with Gasteiger partial charge in [0.1, 0.15) is 13.3 Å². The van der Waals surface area contributed by atoms with Gasteiger partial charge in [-0.25, -0.2) is 9.78 Å². The van der Waals surface area contributed by atoms with Crippen molar-refractivity contribution in [2.24, 2.45) is 0 Å². The highest BCUT2D eigenvalue weighted by Crippen LogP contribution is 2.15. The highest BCUT2D eigenvalue weighted by molar-refractivity contribution is 6.76. The number of benzene rings is 1. The van der Waals surface area contributed by atoms with Gasteiger partial charge in [0.15, 0.2) is 11.6 Å². The van der Waals surface area contributed by atoms with Crippen LogP contribution in [-0.4, -0.2) is 36.0 Å². The molecule has 0 amide bonds. The largest absolute Gasteiger partial charge is 0.456 e. The fraction of sp³-hybridized carbons (Fsp3) is 0.450. The molecule has 0 aliphatic carbocycles. The van der Waals surface area contributed by atoms with E-state index in [-0.39, 0.29) is 19.1 Å². The van der Waals surface area contributed by atoms with Crippen LogP contribution in [0.15, 0.2) is 30.3 Å². The third-order valence-corrected chi connectivity index (χ3v) is 5.90. The van der Waals surface area contributed by atoms with Gasteiger partial charge in [0, 0.05) is 27.3 Å². The molecule has 6 nitrogen and oxygen atoms in total. The van der Waals surface area contributed by atoms with Gasteiger partial charge in [0.2, 0.25) is 0 Å². The Balaban J connectivity index is 2.05. The van der Waals surface area contributed by atoms with E-state index in [1.165, 1.54) is 6.92 Å². The van der Waals surface area contributed by atoms with Crippen LogP contribution in [0.25, 0.3) is 0 Å². The summed E-state index contributed by atoms with van der Waals surface area (Å²) in [4.78, 5) is 28.4. The number of imidazole rings is 1. The zero-order chi connectivity index (χ0) is 20.0. The van der Waals surface area contributed by atoms with Gasteiger partial charge >= 0.3 is 5.97 Å². The van der Waals surface area contributed by atoms with Crippen LogP contribution in [0.4, 0.5) is 0 Å². The first-order chi connectivity index (χ1) is 12.7. The lowest BCUT2D eigenvalue weighted by atomic mass is 10.2. The van der Waals surface area contributed by atoms with E-state index < -0.39 is 14.0 Å². The summed E-state index contributed by atoms with van der Waals surface area (Å²) in [5, 5.41) is 0. The van der Waals surface area contributed by atoms with Gasteiger partial charge in [-0.05, 0) is 25.1 Å². The molecule has 0 saturated carbocycles. The number of nitrogens with zero attached hydrogens (tertiary/aromatic N) is 2. The van der Waals surface area contributed by atoms with E-state index in [0.717, 1.165) is 11.7 Å². The molecule has 1 aromatic heterocycles. The minimum absolute atomic E-state index is 0.0156. The van der Waals surface area contributed by atoms with Crippen LogP contribution in [0.3, 0.4) is 0 Å². The van der Waals surface area contributed by atoms with Crippen molar-refractivity contribution in [2.45, 2.75) is 52.9 Å². The number of carbonyl (C=O) groups is 2. The Morgan fingerprint density at radius 2 is 1.81 bits per heavy atom. The van der Waals surface area contributed by atoms with Crippen LogP contribution < -0.4 is 0 Å². The molecule has 146 valence electrons. The number of esters is 1. The summed E-state index contributed by atoms with van der Waals surface area (Å²) >= 11 is 0. The van der Waals surface area contributed by atoms with Crippen molar-refractivity contribution < 1.29 is 19.1 Å². The number of Topliss-reactive ketones (excluding diaryl/α,β-unsaturated/α-hetero) is 1. The lowest BCUT2D eigenvalue weighted by molar-refractivity contribution is 0.0466. The molecule has 0 atom stereocenters. The summed E-state index contributed by atoms with van der Waals surface area (Å²) in [5.74, 6) is -0.237. The van der Waals surface area contributed by atoms with Crippen molar-refractivity contribution in [1.82, 2.24) is 9.55 Å². The van der Waals surface area contributed by atoms with Gasteiger partial charge in [0.05, 0.1) is 11.3 Å². The number of hydrogen-bond donors (Lipinski definition) is 0. The zero-order valence-electron chi connectivity index (χ0n) is 16.7. The van der Waals surface area contributed by atoms with Crippen molar-refractivity contribution in [1.29, 1.82) is 0 Å². The van der Waals surface area contributed by atoms with Crippen molar-refractivity contribution in [3.63, 3.8) is 0 Å². The van der Waals surface area contributed by atoms with Gasteiger partial charge in [-0.3, -0.25) is 4.79 Å². The molecule has 0 radical (unpaired) electrons. The molecule has 2 aromatic rings. The van der Waals surface area contributed by atoms with Crippen LogP contribution in [0.5, 0.6) is 0 Å². The second-order valence-electron chi connectivity index (χ2n) is 7.74. The third-order valence-electron chi connectivity index (χ3n) is 4.20. The zero-order valence-corrected chi connectivity index (χ0v) is 17.7. The maximum Gasteiger partial charge on any atom is 0.338 e. The number of rotatable bonds is 9. The van der Waals surface area contributed by atoms with E-state index in [1.807, 2.05) is 13.0 Å². The monoisotopic (exact) mass is 388 g/mol. The Labute approximate surface area is 161 Å². The molecule has 7 heteroatoms. The molecule has 0 fully saturated rings. The molecule has 1 aromatic carbocycles. The van der Waals surface area contributed by atoms with Crippen molar-refractivity contribution in [3.8, 4) is 0 Å². The van der Waals surface area contributed by atoms with Crippen LogP contribution in [0, 0.1) is 6.92 Å². The average molecular weight is 389 g/mol. The molecule has 0 aliphatic heterocycles. The van der Waals surface area contributed by atoms with Crippen LogP contribution in [-0.2, 0) is 22.8 Å². The summed E-state index contributed by atoms with van der Waals surface area (Å²) in [5.41, 5.74) is 1.82. The second-order valence-corrected chi connectivity index (χ2v) is 13.4. The molecule has 27 heavy (non-hydrogen) atoms. The molecule has 0 N–H and O–H groups in total. The molecule has 0 unspecified atom stereocenters. The SMILES string of the molecule is CC(=O)c1nc(COC(=O)c2ccccc2)c(C)n1COCC[Si](C)(C)C. The Bertz CT molecular complexity index is 794. The smallest absolute Gasteiger partial charge is 0.338 e. The summed E-state index contributed by atoms with van der Waals surface area (Å²) in [7, 11) is -1.17. The molecular weight excluding hydrogens is 360 g/mol. The van der Waals surface area contributed by atoms with Gasteiger partial charge in [-0.2, -0.15) is 0 Å². The first kappa shape index (κ1) is 21.1. The molecular formula is C20H28N2O4Si. The van der Waals surface area contributed by atoms with Crippen molar-refractivity contribution in [2.75, 3.05) is 6.61 Å². The van der Waals surface area contributed by atoms with E-state index in [2.05, 4.69) is 24.6 Å². The first-order valence-electron chi connectivity index (χ1n) is 9.06. The fourth-order valence-electron chi connectivity index (χ4n) is 2.47. The first-order valence-corrected chi connectivity index (χ1v) is 12.8. The minimum atomic E-state index is -1.17. The summed E-state index contributed by atoms with van der Waals surface area (Å²) in [6, 6.07) is 9.84. The fourth-order valence-corrected chi connectivity index (χ4v) is 3.23. The van der Waals surface area contributed by atoms with E-state index in [1.54, 1.807) is 28.8 Å². The summed E-state index contributed by atoms with van der Waals surface area (Å²) in [6.45, 7) is 11.1. The maximum absolute atomic E-state index is 12.1. The molecule has 1 heterocycles. The lowest BCUT2D eigenvalue weighted by Crippen LogP contribution is -2.22. The Kier molecular flexibility index (Phi) is 7.09. The Morgan fingerprint density at radius 3 is 2.41 bits per heavy atom. The molecule has 0 saturated heterocycles. The van der Waals surface area contributed by atoms with Crippen LogP contribution in [0.2, 0.25) is 25.7 Å². The Hall–Kier alpha value is -2.25. The number of ketones is 1. The van der Waals surface area contributed by atoms with Gasteiger partial charge in [0.25, 0.3) is 0 Å². The van der Waals surface area contributed by atoms with Gasteiger partial charge < -0.3 is 14.0 Å². The average Bonchev–Trinajstić information content (AvgIpc) is 2.93. The summed E-state index contributed by atoms with van der Waals surface area (Å²) in [6.07, 6.45) is 0. The summed E-state index contributed by atoms with van der Waals surface area (Å²) < 4.78 is 12.9. The third kappa shape index (κ3) is 6.15. The minimum Gasteiger partial charge on any atom is -0.456 e. The highest BCUT2D eigenvalue weighted by atomic mass is 28.3. The number of carbonyl (C=O) groups excluding carboxylic acids is 2. The predicted octanol–water partition coefficient (Wildman–Crippen LogP) is 4.06. The Morgan fingerprint density at radius 1 is 1.15 bits per heavy atom. The second kappa shape index (κ2) is 9.10. The predicted molar refractivity (Wildman–Crippen MR) is 107 cm³/mol. The lowest BCUT2D eigenvalue weighted by Gasteiger charge is -2.16. The number of ether oxygens (including phenoxy) is 2. The van der Waals surface area contributed by atoms with E-state index in [9.17, 15) is 9.59 Å². The quantitative estimate of drug-likeness (QED) is 0.280. The number of hydrogen-bond acceptors (Lipinski definition) is 5.